The first-order valence-corrected chi connectivity index (χ1v) is 15.7. The van der Waals surface area contributed by atoms with Gasteiger partial charge in [0.15, 0.2) is 0 Å². The minimum atomic E-state index is -1.46. The summed E-state index contributed by atoms with van der Waals surface area (Å²) < 4.78 is 20.3. The van der Waals surface area contributed by atoms with Crippen LogP contribution in [-0.4, -0.2) is 66.6 Å². The predicted octanol–water partition coefficient (Wildman–Crippen LogP) is 4.42. The number of amides is 2. The molecule has 5 N–H and O–H groups in total. The van der Waals surface area contributed by atoms with Gasteiger partial charge in [-0.1, -0.05) is 23.7 Å². The molecule has 1 aromatic rings. The molecule has 7 fully saturated rings. The van der Waals surface area contributed by atoms with Gasteiger partial charge in [0, 0.05) is 50.9 Å². The van der Waals surface area contributed by atoms with Crippen LogP contribution in [0.1, 0.15) is 69.8 Å². The first kappa shape index (κ1) is 28.7. The van der Waals surface area contributed by atoms with Gasteiger partial charge >= 0.3 is 6.03 Å². The highest BCUT2D eigenvalue weighted by molar-refractivity contribution is 6.30. The molecule has 9 atom stereocenters. The average Bonchev–Trinajstić information content (AvgIpc) is 3.24. The van der Waals surface area contributed by atoms with E-state index in [9.17, 15) is 15.0 Å². The predicted molar refractivity (Wildman–Crippen MR) is 151 cm³/mol. The summed E-state index contributed by atoms with van der Waals surface area (Å²) in [6, 6.07) is 3.95. The van der Waals surface area contributed by atoms with E-state index in [1.807, 2.05) is 0 Å². The number of methoxy groups -OCH3 is 1. The van der Waals surface area contributed by atoms with Crippen molar-refractivity contribution in [3.05, 3.63) is 34.6 Å². The molecule has 40 heavy (non-hydrogen) atoms. The van der Waals surface area contributed by atoms with Crippen molar-refractivity contribution in [2.24, 2.45) is 40.2 Å². The Bertz CT molecular complexity index is 1120. The van der Waals surface area contributed by atoms with Crippen molar-refractivity contribution >= 4 is 17.6 Å². The van der Waals surface area contributed by atoms with Crippen LogP contribution >= 0.6 is 11.6 Å². The molecule has 1 spiro atoms. The number of nitrogens with one attached hydrogen (secondary N) is 1. The van der Waals surface area contributed by atoms with Crippen LogP contribution in [-0.2, 0) is 10.3 Å². The van der Waals surface area contributed by atoms with E-state index < -0.39 is 23.6 Å². The van der Waals surface area contributed by atoms with E-state index in [0.717, 1.165) is 30.6 Å². The quantitative estimate of drug-likeness (QED) is 0.275. The fraction of sp³-hybridized carbons (Fsp3) is 0.774. The number of urea groups is 1. The van der Waals surface area contributed by atoms with Crippen molar-refractivity contribution in [2.45, 2.75) is 82.0 Å². The normalized spacial score (nSPS) is 36.4. The second kappa shape index (κ2) is 10.7. The smallest absolute Gasteiger partial charge is 0.317 e. The molecule has 1 saturated heterocycles. The fourth-order valence-electron chi connectivity index (χ4n) is 10.0. The number of halogens is 2. The monoisotopic (exact) mass is 577 g/mol. The number of unbranched alkanes of at least 4 members (excludes halogenated alkanes) is 1. The number of ether oxygens (including phenoxy) is 1. The number of hydrogen-bond donors (Lipinski definition) is 4. The Hall–Kier alpha value is -1.45. The third-order valence-electron chi connectivity index (χ3n) is 11.8. The number of likely N-dealkylation sites (tertiary alicyclic amines) is 1. The van der Waals surface area contributed by atoms with Gasteiger partial charge in [-0.3, -0.25) is 0 Å². The molecular formula is C31H45ClFN3O4. The third-order valence-corrected chi connectivity index (χ3v) is 12.1. The maximum absolute atomic E-state index is 15.2. The average molecular weight is 578 g/mol. The third kappa shape index (κ3) is 4.39. The van der Waals surface area contributed by atoms with Gasteiger partial charge in [-0.2, -0.15) is 0 Å². The summed E-state index contributed by atoms with van der Waals surface area (Å²) in [7, 11) is 1.63. The van der Waals surface area contributed by atoms with Crippen molar-refractivity contribution in [1.29, 1.82) is 0 Å². The zero-order chi connectivity index (χ0) is 28.3. The van der Waals surface area contributed by atoms with Crippen molar-refractivity contribution in [3.8, 4) is 0 Å². The molecule has 6 aliphatic carbocycles. The molecule has 1 heterocycles. The molecule has 8 rings (SSSR count). The van der Waals surface area contributed by atoms with Gasteiger partial charge in [0.1, 0.15) is 5.82 Å². The van der Waals surface area contributed by atoms with Crippen molar-refractivity contribution in [2.75, 3.05) is 33.4 Å². The lowest BCUT2D eigenvalue weighted by molar-refractivity contribution is -0.0592. The highest BCUT2D eigenvalue weighted by atomic mass is 35.5. The van der Waals surface area contributed by atoms with Gasteiger partial charge in [0.05, 0.1) is 16.7 Å². The Balaban J connectivity index is 1.06. The second-order valence-electron chi connectivity index (χ2n) is 13.6. The van der Waals surface area contributed by atoms with Gasteiger partial charge in [-0.15, -0.1) is 0 Å². The number of rotatable bonds is 12. The molecule has 7 aliphatic rings. The van der Waals surface area contributed by atoms with Gasteiger partial charge in [-0.05, 0) is 98.9 Å². The lowest BCUT2D eigenvalue weighted by atomic mass is 9.52. The summed E-state index contributed by atoms with van der Waals surface area (Å²) in [5.41, 5.74) is 5.96. The number of carbonyl (C=O) groups excluding carboxylic acids is 1. The van der Waals surface area contributed by atoms with Crippen LogP contribution in [0.4, 0.5) is 9.18 Å². The van der Waals surface area contributed by atoms with Crippen LogP contribution in [0.15, 0.2) is 18.2 Å². The van der Waals surface area contributed by atoms with E-state index in [1.54, 1.807) is 24.1 Å². The van der Waals surface area contributed by atoms with Gasteiger partial charge in [0.25, 0.3) is 0 Å². The Morgan fingerprint density at radius 1 is 1.35 bits per heavy atom. The van der Waals surface area contributed by atoms with Gasteiger partial charge < -0.3 is 30.9 Å². The second-order valence-corrected chi connectivity index (χ2v) is 14.0. The highest BCUT2D eigenvalue weighted by Crippen LogP contribution is 2.96. The number of benzene rings is 1. The van der Waals surface area contributed by atoms with Crippen molar-refractivity contribution in [3.63, 3.8) is 0 Å². The lowest BCUT2D eigenvalue weighted by Crippen LogP contribution is -2.54. The minimum absolute atomic E-state index is 0.0231. The largest absolute Gasteiger partial charge is 0.391 e. The Labute approximate surface area is 242 Å². The summed E-state index contributed by atoms with van der Waals surface area (Å²) in [5, 5.41) is 25.9. The molecule has 9 heteroatoms. The highest BCUT2D eigenvalue weighted by Gasteiger charge is 2.90. The summed E-state index contributed by atoms with van der Waals surface area (Å²) >= 11 is 6.10. The van der Waals surface area contributed by atoms with E-state index in [-0.39, 0.29) is 29.1 Å². The van der Waals surface area contributed by atoms with Gasteiger partial charge in [-0.25, -0.2) is 9.18 Å². The van der Waals surface area contributed by atoms with E-state index in [1.165, 1.54) is 31.7 Å². The zero-order valence-corrected chi connectivity index (χ0v) is 24.3. The van der Waals surface area contributed by atoms with E-state index >= 15 is 4.39 Å². The number of nitrogens with two attached hydrogens (primary N) is 1. The molecule has 6 saturated carbocycles. The first-order chi connectivity index (χ1) is 19.2. The molecule has 1 aromatic carbocycles. The van der Waals surface area contributed by atoms with Crippen LogP contribution in [0.3, 0.4) is 0 Å². The maximum Gasteiger partial charge on any atom is 0.317 e. The Morgan fingerprint density at radius 2 is 2.17 bits per heavy atom. The summed E-state index contributed by atoms with van der Waals surface area (Å²) in [4.78, 5) is 14.9. The number of piperidine rings is 1. The number of nitrogens with zero attached hydrogens (tertiary/aromatic N) is 1. The summed E-state index contributed by atoms with van der Waals surface area (Å²) in [6.45, 7) is 1.61. The zero-order valence-electron chi connectivity index (χ0n) is 23.6. The topological polar surface area (TPSA) is 108 Å². The number of aliphatic hydroxyl groups is 2. The molecule has 5 unspecified atom stereocenters. The first-order valence-electron chi connectivity index (χ1n) is 15.3. The van der Waals surface area contributed by atoms with E-state index in [4.69, 9.17) is 22.1 Å². The summed E-state index contributed by atoms with van der Waals surface area (Å²) in [6.07, 6.45) is 8.59. The van der Waals surface area contributed by atoms with Gasteiger partial charge in [0.2, 0.25) is 0 Å². The number of aliphatic hydroxyl groups excluding tert-OH is 1. The summed E-state index contributed by atoms with van der Waals surface area (Å²) in [5.74, 6) is 1.52. The molecule has 222 valence electrons. The van der Waals surface area contributed by atoms with Crippen LogP contribution in [0.25, 0.3) is 0 Å². The molecule has 0 radical (unpaired) electrons. The number of hydrogen-bond acceptors (Lipinski definition) is 5. The molecular weight excluding hydrogens is 533 g/mol. The van der Waals surface area contributed by atoms with E-state index in [2.05, 4.69) is 5.32 Å². The molecule has 7 nitrogen and oxygen atoms in total. The van der Waals surface area contributed by atoms with E-state index in [0.29, 0.717) is 56.2 Å². The molecule has 1 aliphatic heterocycles. The standard InChI is InChI=1S/C31H45ClFN3O4/c1-40-11-3-2-9-31(39,22-7-4-8-23(32)27(22)33)20-6-5-10-36(18-20)28(38)35-17-24(34)25(37)16-30-21-12-19-13-26(30)29(30,14-19)15-21/h4,7-8,19-21,24-26,37,39H,2-3,5-6,9-18,34H2,1H3,(H,35,38)/t19?,20-,21?,24-,25+,26?,29?,30?,31+/m1/s1. The SMILES string of the molecule is COCCCC[C@@](O)(c1cccc(Cl)c1F)[C@@H]1CCCN(C(=O)NC[C@@H](N)[C@@H](O)CC23C4CC5CC2C3(C5)C4)C1. The van der Waals surface area contributed by atoms with Crippen molar-refractivity contribution < 1.29 is 24.1 Å². The van der Waals surface area contributed by atoms with Crippen molar-refractivity contribution in [1.82, 2.24) is 10.2 Å². The lowest BCUT2D eigenvalue weighted by Gasteiger charge is -2.53. The minimum Gasteiger partial charge on any atom is -0.391 e. The van der Waals surface area contributed by atoms with Crippen LogP contribution < -0.4 is 11.1 Å². The number of carbonyl (C=O) groups is 1. The van der Waals surface area contributed by atoms with Crippen LogP contribution in [0, 0.1) is 40.3 Å². The van der Waals surface area contributed by atoms with Crippen LogP contribution in [0.2, 0.25) is 5.02 Å². The Morgan fingerprint density at radius 3 is 2.92 bits per heavy atom. The fourth-order valence-corrected chi connectivity index (χ4v) is 10.2. The molecule has 5 bridgehead atoms. The Kier molecular flexibility index (Phi) is 7.65. The maximum atomic E-state index is 15.2. The molecule has 0 aromatic heterocycles. The molecule has 2 amide bonds. The van der Waals surface area contributed by atoms with Crippen LogP contribution in [0.5, 0.6) is 0 Å².